The van der Waals surface area contributed by atoms with Gasteiger partial charge < -0.3 is 37.1 Å². The fourth-order valence-electron chi connectivity index (χ4n) is 6.14. The largest absolute Gasteiger partial charge is 0.512 e. The Morgan fingerprint density at radius 3 is 2.81 bits per heavy atom. The van der Waals surface area contributed by atoms with Gasteiger partial charge in [0.1, 0.15) is 0 Å². The second-order valence-corrected chi connectivity index (χ2v) is 13.7. The van der Waals surface area contributed by atoms with Gasteiger partial charge in [-0.3, -0.25) is 14.5 Å². The van der Waals surface area contributed by atoms with Crippen LogP contribution in [0.2, 0.25) is 0 Å². The van der Waals surface area contributed by atoms with E-state index in [4.69, 9.17) is 16.2 Å². The van der Waals surface area contributed by atoms with E-state index < -0.39 is 6.16 Å². The van der Waals surface area contributed by atoms with Gasteiger partial charge in [0.2, 0.25) is 17.7 Å². The van der Waals surface area contributed by atoms with Crippen LogP contribution in [0.1, 0.15) is 32.3 Å². The van der Waals surface area contributed by atoms with Crippen molar-refractivity contribution >= 4 is 63.6 Å². The number of carbonyl (C=O) groups is 3. The Kier molecular flexibility index (Phi) is 9.23. The second kappa shape index (κ2) is 12.7. The third kappa shape index (κ3) is 5.93. The number of rotatable bonds is 11. The third-order valence-electron chi connectivity index (χ3n) is 8.33. The van der Waals surface area contributed by atoms with Gasteiger partial charge in [0.15, 0.2) is 0 Å². The SMILES string of the molecule is CC(SCc1cc2cccc(NC(=O)CN)c2cc1N)[C@@H]1C[C@H](SC2=C(OC(=O)O)N3C(=O)[C@@H](CCO)[C@H]3[C@H]2C)CN1. The number of carboxylic acid groups (broad SMARTS) is 1. The van der Waals surface area contributed by atoms with Crippen LogP contribution in [0.3, 0.4) is 0 Å². The highest BCUT2D eigenvalue weighted by atomic mass is 32.2. The van der Waals surface area contributed by atoms with Gasteiger partial charge in [0.05, 0.1) is 23.4 Å². The molecule has 3 aliphatic heterocycles. The molecule has 3 aliphatic rings. The number of nitrogens with one attached hydrogen (secondary N) is 2. The Morgan fingerprint density at radius 2 is 2.10 bits per heavy atom. The number of hydrogen-bond acceptors (Lipinski definition) is 10. The molecule has 1 unspecified atom stereocenters. The minimum absolute atomic E-state index is 0.0653. The Morgan fingerprint density at radius 1 is 1.31 bits per heavy atom. The molecule has 0 bridgehead atoms. The van der Waals surface area contributed by atoms with E-state index in [0.29, 0.717) is 17.8 Å². The first-order chi connectivity index (χ1) is 20.1. The van der Waals surface area contributed by atoms with Crippen molar-refractivity contribution in [3.05, 3.63) is 46.7 Å². The lowest BCUT2D eigenvalue weighted by molar-refractivity contribution is -0.156. The highest BCUT2D eigenvalue weighted by Crippen LogP contribution is 2.52. The van der Waals surface area contributed by atoms with E-state index in [1.807, 2.05) is 43.0 Å². The van der Waals surface area contributed by atoms with E-state index in [-0.39, 0.29) is 65.3 Å². The van der Waals surface area contributed by atoms with Crippen LogP contribution < -0.4 is 22.1 Å². The first-order valence-electron chi connectivity index (χ1n) is 14.0. The molecule has 5 rings (SSSR count). The van der Waals surface area contributed by atoms with Crippen molar-refractivity contribution in [3.63, 3.8) is 0 Å². The summed E-state index contributed by atoms with van der Waals surface area (Å²) in [5.41, 5.74) is 14.3. The van der Waals surface area contributed by atoms with Crippen molar-refractivity contribution in [1.82, 2.24) is 10.2 Å². The van der Waals surface area contributed by atoms with Crippen LogP contribution in [0.4, 0.5) is 16.2 Å². The standard InChI is InChI=1S/C29H37N5O6S2/c1-14-25-19(6-7-35)27(37)34(25)28(40-29(38)39)26(14)42-18-9-23(32-12-18)15(2)41-13-17-8-16-4-3-5-22(33-24(36)11-30)20(16)10-21(17)31/h3-5,8,10,14-15,18-19,23,25,32,35H,6-7,9,11-13,30-31H2,1-2H3,(H,33,36)(H,38,39)/t14-,15?,18+,19+,23+,25-/m1/s1. The summed E-state index contributed by atoms with van der Waals surface area (Å²) in [5, 5.41) is 27.5. The predicted octanol–water partition coefficient (Wildman–Crippen LogP) is 3.13. The van der Waals surface area contributed by atoms with Gasteiger partial charge in [-0.15, -0.1) is 11.8 Å². The number of nitrogens with zero attached hydrogens (tertiary/aromatic N) is 1. The minimum Gasteiger partial charge on any atom is -0.449 e. The molecule has 3 heterocycles. The van der Waals surface area contributed by atoms with Crippen LogP contribution in [-0.2, 0) is 20.1 Å². The van der Waals surface area contributed by atoms with E-state index in [1.165, 1.54) is 4.90 Å². The average Bonchev–Trinajstić information content (AvgIpc) is 3.52. The van der Waals surface area contributed by atoms with Gasteiger partial charge in [-0.2, -0.15) is 11.8 Å². The highest BCUT2D eigenvalue weighted by Gasteiger charge is 2.58. The molecule has 0 spiro atoms. The van der Waals surface area contributed by atoms with E-state index in [0.717, 1.165) is 40.0 Å². The molecule has 2 saturated heterocycles. The third-order valence-corrected chi connectivity index (χ3v) is 11.2. The molecule has 0 radical (unpaired) electrons. The van der Waals surface area contributed by atoms with Crippen LogP contribution in [-0.4, -0.2) is 75.4 Å². The Bertz CT molecular complexity index is 1420. The Hall–Kier alpha value is -2.97. The molecule has 42 heavy (non-hydrogen) atoms. The summed E-state index contributed by atoms with van der Waals surface area (Å²) in [6.45, 7) is 4.76. The van der Waals surface area contributed by atoms with E-state index in [9.17, 15) is 24.6 Å². The number of carbonyl (C=O) groups excluding carboxylic acids is 2. The molecule has 2 aromatic rings. The summed E-state index contributed by atoms with van der Waals surface area (Å²) in [6.07, 6.45) is -0.199. The molecule has 0 saturated carbocycles. The number of thioether (sulfide) groups is 2. The molecule has 0 aliphatic carbocycles. The van der Waals surface area contributed by atoms with Crippen LogP contribution >= 0.6 is 23.5 Å². The normalized spacial score (nSPS) is 25.9. The van der Waals surface area contributed by atoms with E-state index in [2.05, 4.69) is 23.6 Å². The average molecular weight is 616 g/mol. The van der Waals surface area contributed by atoms with Crippen molar-refractivity contribution in [2.45, 2.75) is 55.0 Å². The van der Waals surface area contributed by atoms with Crippen LogP contribution in [0.25, 0.3) is 10.8 Å². The van der Waals surface area contributed by atoms with Gasteiger partial charge in [0, 0.05) is 58.1 Å². The first-order valence-corrected chi connectivity index (χ1v) is 16.0. The first kappa shape index (κ1) is 30.5. The highest BCUT2D eigenvalue weighted by molar-refractivity contribution is 8.03. The monoisotopic (exact) mass is 615 g/mol. The molecular weight excluding hydrogens is 578 g/mol. The number of nitrogens with two attached hydrogens (primary N) is 2. The lowest BCUT2D eigenvalue weighted by Gasteiger charge is -2.44. The number of ether oxygens (including phenoxy) is 1. The molecule has 2 amide bonds. The number of amides is 2. The van der Waals surface area contributed by atoms with Crippen LogP contribution in [0.5, 0.6) is 0 Å². The molecule has 226 valence electrons. The maximum Gasteiger partial charge on any atom is 0.512 e. The minimum atomic E-state index is -1.44. The fourth-order valence-corrected chi connectivity index (χ4v) is 8.71. The smallest absolute Gasteiger partial charge is 0.449 e. The summed E-state index contributed by atoms with van der Waals surface area (Å²) in [4.78, 5) is 38.2. The summed E-state index contributed by atoms with van der Waals surface area (Å²) < 4.78 is 5.13. The number of benzene rings is 2. The molecule has 6 atom stereocenters. The van der Waals surface area contributed by atoms with Crippen LogP contribution in [0.15, 0.2) is 41.1 Å². The zero-order valence-corrected chi connectivity index (χ0v) is 25.2. The zero-order chi connectivity index (χ0) is 30.1. The van der Waals surface area contributed by atoms with Crippen molar-refractivity contribution in [3.8, 4) is 0 Å². The number of β-lactam (4-membered cyclic amide) rings is 1. The molecule has 13 heteroatoms. The van der Waals surface area contributed by atoms with E-state index >= 15 is 0 Å². The van der Waals surface area contributed by atoms with Gasteiger partial charge in [-0.05, 0) is 42.0 Å². The van der Waals surface area contributed by atoms with Crippen molar-refractivity contribution in [1.29, 1.82) is 0 Å². The topological polar surface area (TPSA) is 180 Å². The summed E-state index contributed by atoms with van der Waals surface area (Å²) in [7, 11) is 0. The number of fused-ring (bicyclic) bond motifs is 2. The quantitative estimate of drug-likeness (QED) is 0.124. The second-order valence-electron chi connectivity index (χ2n) is 11.0. The van der Waals surface area contributed by atoms with Crippen molar-refractivity contribution < 1.29 is 29.3 Å². The lowest BCUT2D eigenvalue weighted by atomic mass is 9.80. The van der Waals surface area contributed by atoms with Crippen LogP contribution in [0, 0.1) is 11.8 Å². The van der Waals surface area contributed by atoms with Gasteiger partial charge in [-0.1, -0.05) is 26.0 Å². The Labute approximate surface area is 252 Å². The van der Waals surface area contributed by atoms with E-state index in [1.54, 1.807) is 11.8 Å². The summed E-state index contributed by atoms with van der Waals surface area (Å²) in [5.74, 6) is 0.0211. The molecule has 0 aromatic heterocycles. The van der Waals surface area contributed by atoms with Gasteiger partial charge >= 0.3 is 6.16 Å². The number of aliphatic hydroxyl groups excluding tert-OH is 1. The lowest BCUT2D eigenvalue weighted by Crippen LogP contribution is -2.60. The fraction of sp³-hybridized carbons (Fsp3) is 0.483. The summed E-state index contributed by atoms with van der Waals surface area (Å²) in [6, 6.07) is 9.75. The molecule has 2 fully saturated rings. The molecule has 11 nitrogen and oxygen atoms in total. The summed E-state index contributed by atoms with van der Waals surface area (Å²) >= 11 is 3.40. The maximum atomic E-state index is 12.7. The number of hydrogen-bond donors (Lipinski definition) is 6. The predicted molar refractivity (Wildman–Crippen MR) is 166 cm³/mol. The Balaban J connectivity index is 1.21. The molecular formula is C29H37N5O6S2. The van der Waals surface area contributed by atoms with Gasteiger partial charge in [-0.25, -0.2) is 4.79 Å². The zero-order valence-electron chi connectivity index (χ0n) is 23.5. The molecule has 2 aromatic carbocycles. The number of aliphatic hydroxyl groups is 1. The van der Waals surface area contributed by atoms with Crippen molar-refractivity contribution in [2.24, 2.45) is 17.6 Å². The maximum absolute atomic E-state index is 12.7. The van der Waals surface area contributed by atoms with Gasteiger partial charge in [0.25, 0.3) is 0 Å². The molecule has 8 N–H and O–H groups in total. The van der Waals surface area contributed by atoms with Crippen molar-refractivity contribution in [2.75, 3.05) is 30.7 Å². The number of anilines is 2. The number of nitrogen functional groups attached to an aromatic ring is 1.